The molecule has 0 saturated carbocycles. The largest absolute Gasteiger partial charge is 0.349 e. The average Bonchev–Trinajstić information content (AvgIpc) is 2.64. The Balaban J connectivity index is 1.79. The number of nitrogens with zero attached hydrogens (tertiary/aromatic N) is 1. The summed E-state index contributed by atoms with van der Waals surface area (Å²) < 4.78 is 23.0. The molecule has 7 heteroatoms. The molecule has 1 atom stereocenters. The quantitative estimate of drug-likeness (QED) is 0.720. The van der Waals surface area contributed by atoms with E-state index in [9.17, 15) is 13.2 Å². The van der Waals surface area contributed by atoms with Gasteiger partial charge in [-0.15, -0.1) is 0 Å². The molecule has 2 heterocycles. The topological polar surface area (TPSA) is 92.5 Å². The normalized spacial score (nSPS) is 31.3. The Morgan fingerprint density at radius 1 is 1.40 bits per heavy atom. The number of amides is 1. The van der Waals surface area contributed by atoms with Crippen molar-refractivity contribution < 1.29 is 13.2 Å². The van der Waals surface area contributed by atoms with Gasteiger partial charge >= 0.3 is 0 Å². The van der Waals surface area contributed by atoms with Crippen LogP contribution in [-0.4, -0.2) is 62.4 Å². The molecule has 3 N–H and O–H groups in total. The van der Waals surface area contributed by atoms with Crippen LogP contribution in [0.25, 0.3) is 0 Å². The fraction of sp³-hybridized carbons (Fsp3) is 0.923. The number of rotatable bonds is 4. The zero-order valence-corrected chi connectivity index (χ0v) is 12.9. The van der Waals surface area contributed by atoms with Gasteiger partial charge in [-0.05, 0) is 51.7 Å². The van der Waals surface area contributed by atoms with Crippen molar-refractivity contribution >= 4 is 15.7 Å². The number of nitrogens with two attached hydrogens (primary N) is 1. The molecule has 0 radical (unpaired) electrons. The van der Waals surface area contributed by atoms with Gasteiger partial charge in [-0.25, -0.2) is 8.42 Å². The molecule has 2 rings (SSSR count). The number of nitrogens with one attached hydrogen (secondary N) is 1. The van der Waals surface area contributed by atoms with E-state index in [-0.39, 0.29) is 17.4 Å². The van der Waals surface area contributed by atoms with Gasteiger partial charge in [0.25, 0.3) is 0 Å². The standard InChI is InChI=1S/C13H25N3O3S/c1-13(4-7-20(18,19)10-13)15-12(17)9-16-5-2-11(8-14)3-6-16/h11H,2-10,14H2,1H3,(H,15,17). The van der Waals surface area contributed by atoms with Crippen molar-refractivity contribution in [3.63, 3.8) is 0 Å². The molecule has 6 nitrogen and oxygen atoms in total. The Bertz CT molecular complexity index is 457. The Hall–Kier alpha value is -0.660. The highest BCUT2D eigenvalue weighted by Gasteiger charge is 2.39. The highest BCUT2D eigenvalue weighted by atomic mass is 32.2. The minimum absolute atomic E-state index is 0.0565. The first-order chi connectivity index (χ1) is 9.32. The van der Waals surface area contributed by atoms with Crippen LogP contribution in [0.5, 0.6) is 0 Å². The fourth-order valence-electron chi connectivity index (χ4n) is 3.07. The van der Waals surface area contributed by atoms with Gasteiger partial charge in [-0.1, -0.05) is 0 Å². The molecule has 0 aromatic carbocycles. The first-order valence-corrected chi connectivity index (χ1v) is 9.08. The Labute approximate surface area is 121 Å². The van der Waals surface area contributed by atoms with E-state index in [2.05, 4.69) is 10.2 Å². The monoisotopic (exact) mass is 303 g/mol. The van der Waals surface area contributed by atoms with E-state index in [1.54, 1.807) is 0 Å². The second-order valence-electron chi connectivity index (χ2n) is 6.41. The van der Waals surface area contributed by atoms with E-state index >= 15 is 0 Å². The lowest BCUT2D eigenvalue weighted by Crippen LogP contribution is -2.51. The molecule has 2 saturated heterocycles. The molecule has 0 aromatic heterocycles. The van der Waals surface area contributed by atoms with Crippen molar-refractivity contribution in [2.24, 2.45) is 11.7 Å². The van der Waals surface area contributed by atoms with Gasteiger partial charge in [-0.3, -0.25) is 9.69 Å². The highest BCUT2D eigenvalue weighted by molar-refractivity contribution is 7.91. The third kappa shape index (κ3) is 4.17. The van der Waals surface area contributed by atoms with Crippen LogP contribution in [0, 0.1) is 5.92 Å². The van der Waals surface area contributed by atoms with Gasteiger partial charge in [0.15, 0.2) is 9.84 Å². The van der Waals surface area contributed by atoms with E-state index in [1.165, 1.54) is 0 Å². The van der Waals surface area contributed by atoms with Gasteiger partial charge in [0, 0.05) is 0 Å². The second-order valence-corrected chi connectivity index (χ2v) is 8.59. The number of carbonyl (C=O) groups excluding carboxylic acids is 1. The summed E-state index contributed by atoms with van der Waals surface area (Å²) in [7, 11) is -2.99. The minimum atomic E-state index is -2.99. The first kappa shape index (κ1) is 15.7. The first-order valence-electron chi connectivity index (χ1n) is 7.26. The lowest BCUT2D eigenvalue weighted by molar-refractivity contribution is -0.124. The van der Waals surface area contributed by atoms with Gasteiger partial charge < -0.3 is 11.1 Å². The number of sulfone groups is 1. The van der Waals surface area contributed by atoms with E-state index in [4.69, 9.17) is 5.73 Å². The zero-order chi connectivity index (χ0) is 14.8. The van der Waals surface area contributed by atoms with Crippen molar-refractivity contribution in [1.29, 1.82) is 0 Å². The van der Waals surface area contributed by atoms with Gasteiger partial charge in [0.2, 0.25) is 5.91 Å². The lowest BCUT2D eigenvalue weighted by atomic mass is 9.97. The van der Waals surface area contributed by atoms with Crippen LogP contribution >= 0.6 is 0 Å². The van der Waals surface area contributed by atoms with E-state index < -0.39 is 15.4 Å². The van der Waals surface area contributed by atoms with Crippen LogP contribution in [0.4, 0.5) is 0 Å². The number of piperidine rings is 1. The zero-order valence-electron chi connectivity index (χ0n) is 12.1. The molecule has 2 fully saturated rings. The number of hydrogen-bond donors (Lipinski definition) is 2. The molecule has 116 valence electrons. The molecule has 1 unspecified atom stereocenters. The summed E-state index contributed by atoms with van der Waals surface area (Å²) in [5.41, 5.74) is 5.06. The number of hydrogen-bond acceptors (Lipinski definition) is 5. The SMILES string of the molecule is CC1(NC(=O)CN2CCC(CN)CC2)CCS(=O)(=O)C1. The summed E-state index contributed by atoms with van der Waals surface area (Å²) >= 11 is 0. The summed E-state index contributed by atoms with van der Waals surface area (Å²) in [6.45, 7) is 4.67. The van der Waals surface area contributed by atoms with Gasteiger partial charge in [-0.2, -0.15) is 0 Å². The van der Waals surface area contributed by atoms with Crippen LogP contribution in [0.1, 0.15) is 26.2 Å². The van der Waals surface area contributed by atoms with E-state index in [0.29, 0.717) is 18.9 Å². The van der Waals surface area contributed by atoms with Crippen molar-refractivity contribution in [1.82, 2.24) is 10.2 Å². The number of likely N-dealkylation sites (tertiary alicyclic amines) is 1. The molecule has 1 amide bonds. The average molecular weight is 303 g/mol. The van der Waals surface area contributed by atoms with Gasteiger partial charge in [0.05, 0.1) is 23.6 Å². The fourth-order valence-corrected chi connectivity index (χ4v) is 5.16. The summed E-state index contributed by atoms with van der Waals surface area (Å²) in [5, 5.41) is 2.90. The van der Waals surface area contributed by atoms with Crippen LogP contribution in [-0.2, 0) is 14.6 Å². The molecule has 0 aliphatic carbocycles. The van der Waals surface area contributed by atoms with E-state index in [0.717, 1.165) is 32.5 Å². The maximum atomic E-state index is 12.1. The molecule has 0 bridgehead atoms. The Morgan fingerprint density at radius 2 is 2.05 bits per heavy atom. The highest BCUT2D eigenvalue weighted by Crippen LogP contribution is 2.23. The molecule has 2 aliphatic heterocycles. The minimum Gasteiger partial charge on any atom is -0.349 e. The van der Waals surface area contributed by atoms with Crippen molar-refractivity contribution in [2.45, 2.75) is 31.7 Å². The van der Waals surface area contributed by atoms with Crippen molar-refractivity contribution in [3.8, 4) is 0 Å². The third-order valence-electron chi connectivity index (χ3n) is 4.35. The predicted octanol–water partition coefficient (Wildman–Crippen LogP) is -0.649. The van der Waals surface area contributed by atoms with Crippen molar-refractivity contribution in [3.05, 3.63) is 0 Å². The molecule has 20 heavy (non-hydrogen) atoms. The maximum absolute atomic E-state index is 12.1. The molecule has 0 aromatic rings. The Morgan fingerprint density at radius 3 is 2.55 bits per heavy atom. The smallest absolute Gasteiger partial charge is 0.234 e. The van der Waals surface area contributed by atoms with Crippen LogP contribution in [0.2, 0.25) is 0 Å². The lowest BCUT2D eigenvalue weighted by Gasteiger charge is -2.32. The molecule has 2 aliphatic rings. The second kappa shape index (κ2) is 5.99. The third-order valence-corrected chi connectivity index (χ3v) is 6.26. The van der Waals surface area contributed by atoms with Gasteiger partial charge in [0.1, 0.15) is 0 Å². The number of carbonyl (C=O) groups is 1. The molecular formula is C13H25N3O3S. The summed E-state index contributed by atoms with van der Waals surface area (Å²) in [5.74, 6) is 0.731. The maximum Gasteiger partial charge on any atom is 0.234 e. The van der Waals surface area contributed by atoms with Crippen LogP contribution in [0.3, 0.4) is 0 Å². The van der Waals surface area contributed by atoms with E-state index in [1.807, 2.05) is 6.92 Å². The van der Waals surface area contributed by atoms with Crippen LogP contribution < -0.4 is 11.1 Å². The summed E-state index contributed by atoms with van der Waals surface area (Å²) in [6, 6.07) is 0. The predicted molar refractivity (Wildman–Crippen MR) is 78.0 cm³/mol. The van der Waals surface area contributed by atoms with Crippen LogP contribution in [0.15, 0.2) is 0 Å². The molecular weight excluding hydrogens is 278 g/mol. The van der Waals surface area contributed by atoms with Crippen molar-refractivity contribution in [2.75, 3.05) is 37.7 Å². The summed E-state index contributed by atoms with van der Waals surface area (Å²) in [6.07, 6.45) is 2.58. The summed E-state index contributed by atoms with van der Waals surface area (Å²) in [4.78, 5) is 14.2. The Kier molecular flexibility index (Phi) is 4.71. The molecule has 0 spiro atoms.